The van der Waals surface area contributed by atoms with Crippen molar-refractivity contribution in [2.45, 2.75) is 13.5 Å². The van der Waals surface area contributed by atoms with Gasteiger partial charge in [0.15, 0.2) is 5.11 Å². The average molecular weight is 286 g/mol. The van der Waals surface area contributed by atoms with Gasteiger partial charge in [0.2, 0.25) is 0 Å². The molecule has 104 valence electrons. The second-order valence-corrected chi connectivity index (χ2v) is 4.62. The highest BCUT2D eigenvalue weighted by Crippen LogP contribution is 2.17. The molecular formula is C16H18N2OS. The van der Waals surface area contributed by atoms with E-state index < -0.39 is 0 Å². The van der Waals surface area contributed by atoms with E-state index in [9.17, 15) is 0 Å². The number of rotatable bonds is 5. The van der Waals surface area contributed by atoms with E-state index in [4.69, 9.17) is 17.0 Å². The second-order valence-electron chi connectivity index (χ2n) is 4.21. The number of hydrogen-bond acceptors (Lipinski definition) is 2. The zero-order chi connectivity index (χ0) is 14.2. The van der Waals surface area contributed by atoms with Crippen LogP contribution in [0.3, 0.4) is 0 Å². The van der Waals surface area contributed by atoms with Gasteiger partial charge in [0.05, 0.1) is 6.61 Å². The first-order chi connectivity index (χ1) is 9.79. The van der Waals surface area contributed by atoms with Gasteiger partial charge in [-0.3, -0.25) is 0 Å². The van der Waals surface area contributed by atoms with Crippen LogP contribution < -0.4 is 15.4 Å². The summed E-state index contributed by atoms with van der Waals surface area (Å²) in [5.74, 6) is 0.894. The Kier molecular flexibility index (Phi) is 5.38. The maximum absolute atomic E-state index is 5.58. The number of hydrogen-bond donors (Lipinski definition) is 2. The highest BCUT2D eigenvalue weighted by Gasteiger charge is 2.03. The zero-order valence-electron chi connectivity index (χ0n) is 11.4. The highest BCUT2D eigenvalue weighted by atomic mass is 32.1. The summed E-state index contributed by atoms with van der Waals surface area (Å²) in [5, 5.41) is 6.93. The first kappa shape index (κ1) is 14.3. The summed E-state index contributed by atoms with van der Waals surface area (Å²) in [7, 11) is 0. The standard InChI is InChI=1S/C16H18N2OS/c1-2-19-15-11-7-6-8-13(15)12-17-16(20)18-14-9-4-3-5-10-14/h3-11H,2,12H2,1H3,(H2,17,18,20). The summed E-state index contributed by atoms with van der Waals surface area (Å²) < 4.78 is 5.58. The SMILES string of the molecule is CCOc1ccccc1CNC(=S)Nc1ccccc1. The summed E-state index contributed by atoms with van der Waals surface area (Å²) >= 11 is 5.28. The number of ether oxygens (including phenoxy) is 1. The first-order valence-corrected chi connectivity index (χ1v) is 7.01. The molecule has 2 N–H and O–H groups in total. The zero-order valence-corrected chi connectivity index (χ0v) is 12.2. The van der Waals surface area contributed by atoms with Crippen molar-refractivity contribution in [1.29, 1.82) is 0 Å². The van der Waals surface area contributed by atoms with Crippen LogP contribution in [0.5, 0.6) is 5.75 Å². The van der Waals surface area contributed by atoms with Crippen LogP contribution in [0.25, 0.3) is 0 Å². The number of benzene rings is 2. The third-order valence-electron chi connectivity index (χ3n) is 2.74. The number of para-hydroxylation sites is 2. The summed E-state index contributed by atoms with van der Waals surface area (Å²) in [6.45, 7) is 3.27. The lowest BCUT2D eigenvalue weighted by molar-refractivity contribution is 0.336. The Labute approximate surface area is 125 Å². The Balaban J connectivity index is 1.90. The molecule has 2 aromatic rings. The highest BCUT2D eigenvalue weighted by molar-refractivity contribution is 7.80. The smallest absolute Gasteiger partial charge is 0.171 e. The molecular weight excluding hydrogens is 268 g/mol. The van der Waals surface area contributed by atoms with Crippen LogP contribution in [0, 0.1) is 0 Å². The van der Waals surface area contributed by atoms with Crippen LogP contribution in [0.2, 0.25) is 0 Å². The Hall–Kier alpha value is -2.07. The van der Waals surface area contributed by atoms with Gasteiger partial charge in [-0.2, -0.15) is 0 Å². The van der Waals surface area contributed by atoms with E-state index in [1.54, 1.807) is 0 Å². The Morgan fingerprint density at radius 1 is 1.05 bits per heavy atom. The van der Waals surface area contributed by atoms with E-state index in [1.165, 1.54) is 0 Å². The summed E-state index contributed by atoms with van der Waals surface area (Å²) in [6, 6.07) is 17.8. The lowest BCUT2D eigenvalue weighted by atomic mass is 10.2. The summed E-state index contributed by atoms with van der Waals surface area (Å²) in [4.78, 5) is 0. The maximum Gasteiger partial charge on any atom is 0.171 e. The molecule has 0 unspecified atom stereocenters. The molecule has 0 heterocycles. The van der Waals surface area contributed by atoms with Gasteiger partial charge >= 0.3 is 0 Å². The third kappa shape index (κ3) is 4.24. The van der Waals surface area contributed by atoms with Crippen LogP contribution in [0.4, 0.5) is 5.69 Å². The van der Waals surface area contributed by atoms with Crippen LogP contribution in [0.1, 0.15) is 12.5 Å². The molecule has 0 aliphatic carbocycles. The van der Waals surface area contributed by atoms with Gasteiger partial charge in [0.25, 0.3) is 0 Å². The van der Waals surface area contributed by atoms with E-state index in [0.29, 0.717) is 18.3 Å². The van der Waals surface area contributed by atoms with Crippen molar-refractivity contribution in [3.05, 3.63) is 60.2 Å². The third-order valence-corrected chi connectivity index (χ3v) is 2.99. The Morgan fingerprint density at radius 3 is 2.50 bits per heavy atom. The molecule has 3 nitrogen and oxygen atoms in total. The van der Waals surface area contributed by atoms with Gasteiger partial charge in [0.1, 0.15) is 5.75 Å². The lowest BCUT2D eigenvalue weighted by Gasteiger charge is -2.13. The molecule has 20 heavy (non-hydrogen) atoms. The number of thiocarbonyl (C=S) groups is 1. The fraction of sp³-hybridized carbons (Fsp3) is 0.188. The summed E-state index contributed by atoms with van der Waals surface area (Å²) in [6.07, 6.45) is 0. The monoisotopic (exact) mass is 286 g/mol. The van der Waals surface area contributed by atoms with Gasteiger partial charge in [-0.1, -0.05) is 36.4 Å². The topological polar surface area (TPSA) is 33.3 Å². The van der Waals surface area contributed by atoms with Gasteiger partial charge in [-0.15, -0.1) is 0 Å². The van der Waals surface area contributed by atoms with E-state index in [2.05, 4.69) is 10.6 Å². The Morgan fingerprint density at radius 2 is 1.75 bits per heavy atom. The largest absolute Gasteiger partial charge is 0.494 e. The van der Waals surface area contributed by atoms with Crippen molar-refractivity contribution in [2.24, 2.45) is 0 Å². The summed E-state index contributed by atoms with van der Waals surface area (Å²) in [5.41, 5.74) is 2.06. The molecule has 0 amide bonds. The molecule has 0 aliphatic heterocycles. The van der Waals surface area contributed by atoms with Crippen LogP contribution in [-0.2, 0) is 6.54 Å². The van der Waals surface area contributed by atoms with Crippen molar-refractivity contribution >= 4 is 23.0 Å². The van der Waals surface area contributed by atoms with Gasteiger partial charge in [-0.05, 0) is 37.3 Å². The molecule has 0 aliphatic rings. The van der Waals surface area contributed by atoms with E-state index in [0.717, 1.165) is 17.0 Å². The minimum Gasteiger partial charge on any atom is -0.494 e. The average Bonchev–Trinajstić information content (AvgIpc) is 2.48. The Bertz CT molecular complexity index is 557. The second kappa shape index (κ2) is 7.50. The molecule has 2 rings (SSSR count). The van der Waals surface area contributed by atoms with Gasteiger partial charge in [-0.25, -0.2) is 0 Å². The minimum absolute atomic E-state index is 0.600. The molecule has 0 radical (unpaired) electrons. The van der Waals surface area contributed by atoms with Crippen molar-refractivity contribution < 1.29 is 4.74 Å². The molecule has 0 fully saturated rings. The maximum atomic E-state index is 5.58. The van der Waals surface area contributed by atoms with E-state index >= 15 is 0 Å². The van der Waals surface area contributed by atoms with Crippen molar-refractivity contribution in [3.8, 4) is 5.75 Å². The normalized spacial score (nSPS) is 9.85. The first-order valence-electron chi connectivity index (χ1n) is 6.60. The molecule has 0 saturated carbocycles. The van der Waals surface area contributed by atoms with Crippen LogP contribution in [-0.4, -0.2) is 11.7 Å². The van der Waals surface area contributed by atoms with Crippen LogP contribution >= 0.6 is 12.2 Å². The van der Waals surface area contributed by atoms with Crippen molar-refractivity contribution in [1.82, 2.24) is 5.32 Å². The molecule has 0 bridgehead atoms. The fourth-order valence-electron chi connectivity index (χ4n) is 1.82. The van der Waals surface area contributed by atoms with Crippen molar-refractivity contribution in [3.63, 3.8) is 0 Å². The predicted octanol–water partition coefficient (Wildman–Crippen LogP) is 3.57. The van der Waals surface area contributed by atoms with E-state index in [-0.39, 0.29) is 0 Å². The van der Waals surface area contributed by atoms with Crippen LogP contribution in [0.15, 0.2) is 54.6 Å². The molecule has 4 heteroatoms. The van der Waals surface area contributed by atoms with E-state index in [1.807, 2.05) is 61.5 Å². The predicted molar refractivity (Wildman–Crippen MR) is 87.1 cm³/mol. The lowest BCUT2D eigenvalue weighted by Crippen LogP contribution is -2.28. The molecule has 0 aromatic heterocycles. The number of nitrogens with one attached hydrogen (secondary N) is 2. The fourth-order valence-corrected chi connectivity index (χ4v) is 2.01. The molecule has 0 saturated heterocycles. The molecule has 2 aromatic carbocycles. The quantitative estimate of drug-likeness (QED) is 0.823. The van der Waals surface area contributed by atoms with Gasteiger partial charge < -0.3 is 15.4 Å². The van der Waals surface area contributed by atoms with Gasteiger partial charge in [0, 0.05) is 17.8 Å². The molecule has 0 spiro atoms. The van der Waals surface area contributed by atoms with Crippen molar-refractivity contribution in [2.75, 3.05) is 11.9 Å². The minimum atomic E-state index is 0.600. The number of anilines is 1. The molecule has 0 atom stereocenters.